The molecule has 9 heteroatoms. The second kappa shape index (κ2) is 8.49. The molecule has 5 rings (SSSR count). The monoisotopic (exact) mass is 422 g/mol. The van der Waals surface area contributed by atoms with Gasteiger partial charge in [-0.15, -0.1) is 0 Å². The molecule has 164 valence electrons. The molecule has 0 spiro atoms. The maximum absolute atomic E-state index is 6.03. The summed E-state index contributed by atoms with van der Waals surface area (Å²) in [6.45, 7) is 6.68. The van der Waals surface area contributed by atoms with Crippen LogP contribution in [0.2, 0.25) is 0 Å². The maximum atomic E-state index is 6.03. The van der Waals surface area contributed by atoms with E-state index in [1.807, 2.05) is 23.0 Å². The average molecular weight is 423 g/mol. The van der Waals surface area contributed by atoms with Crippen molar-refractivity contribution in [3.05, 3.63) is 42.2 Å². The second-order valence-electron chi connectivity index (χ2n) is 8.66. The van der Waals surface area contributed by atoms with Gasteiger partial charge in [-0.2, -0.15) is 10.2 Å². The minimum atomic E-state index is -0.0967. The summed E-state index contributed by atoms with van der Waals surface area (Å²) in [5.74, 6) is 1.66. The van der Waals surface area contributed by atoms with Gasteiger partial charge in [-0.3, -0.25) is 4.98 Å². The summed E-state index contributed by atoms with van der Waals surface area (Å²) < 4.78 is 10.1. The normalized spacial score (nSPS) is 21.6. The van der Waals surface area contributed by atoms with Gasteiger partial charge in [0, 0.05) is 25.5 Å². The van der Waals surface area contributed by atoms with E-state index in [9.17, 15) is 0 Å². The van der Waals surface area contributed by atoms with Crippen molar-refractivity contribution in [1.29, 1.82) is 0 Å². The lowest BCUT2D eigenvalue weighted by molar-refractivity contribution is -0.0256. The molecular weight excluding hydrogens is 392 g/mol. The Morgan fingerprint density at radius 3 is 2.55 bits per heavy atom. The van der Waals surface area contributed by atoms with Crippen molar-refractivity contribution in [2.24, 2.45) is 0 Å². The highest BCUT2D eigenvalue weighted by molar-refractivity contribution is 5.59. The Labute approximate surface area is 182 Å². The van der Waals surface area contributed by atoms with Gasteiger partial charge in [-0.25, -0.2) is 14.3 Å². The molecule has 0 amide bonds. The number of aromatic nitrogens is 6. The molecule has 9 nitrogen and oxygen atoms in total. The Morgan fingerprint density at radius 1 is 1.03 bits per heavy atom. The number of ether oxygens (including phenoxy) is 1. The Morgan fingerprint density at radius 2 is 1.81 bits per heavy atom. The van der Waals surface area contributed by atoms with Crippen LogP contribution in [-0.2, 0) is 4.74 Å². The Hall–Kier alpha value is -2.62. The lowest BCUT2D eigenvalue weighted by atomic mass is 10.1. The first kappa shape index (κ1) is 20.3. The van der Waals surface area contributed by atoms with Crippen LogP contribution < -0.4 is 0 Å². The summed E-state index contributed by atoms with van der Waals surface area (Å²) in [6.07, 6.45) is 7.51. The highest BCUT2D eigenvalue weighted by atomic mass is 16.5. The van der Waals surface area contributed by atoms with Crippen molar-refractivity contribution < 1.29 is 4.74 Å². The highest BCUT2D eigenvalue weighted by Gasteiger charge is 2.30. The highest BCUT2D eigenvalue weighted by Crippen LogP contribution is 2.32. The summed E-state index contributed by atoms with van der Waals surface area (Å²) in [7, 11) is 4.30. The zero-order valence-corrected chi connectivity index (χ0v) is 18.5. The van der Waals surface area contributed by atoms with Crippen LogP contribution in [-0.4, -0.2) is 86.2 Å². The molecule has 31 heavy (non-hydrogen) atoms. The summed E-state index contributed by atoms with van der Waals surface area (Å²) in [5.41, 5.74) is 3.04. The van der Waals surface area contributed by atoms with Crippen molar-refractivity contribution in [2.75, 3.05) is 46.9 Å². The number of hydrogen-bond donors (Lipinski definition) is 0. The van der Waals surface area contributed by atoms with Gasteiger partial charge in [0.1, 0.15) is 6.10 Å². The first-order chi connectivity index (χ1) is 15.1. The number of morpholine rings is 1. The molecule has 2 saturated heterocycles. The molecule has 3 aromatic heterocycles. The molecule has 0 saturated carbocycles. The van der Waals surface area contributed by atoms with Gasteiger partial charge in [0.2, 0.25) is 0 Å². The predicted octanol–water partition coefficient (Wildman–Crippen LogP) is 2.10. The van der Waals surface area contributed by atoms with Crippen LogP contribution in [0.5, 0.6) is 0 Å². The lowest BCUT2D eigenvalue weighted by Gasteiger charge is -2.30. The van der Waals surface area contributed by atoms with Crippen molar-refractivity contribution in [2.45, 2.75) is 31.9 Å². The van der Waals surface area contributed by atoms with E-state index in [0.717, 1.165) is 67.6 Å². The molecule has 1 unspecified atom stereocenters. The van der Waals surface area contributed by atoms with Gasteiger partial charge in [-0.1, -0.05) is 0 Å². The van der Waals surface area contributed by atoms with Crippen molar-refractivity contribution >= 4 is 0 Å². The molecular formula is C22H30N8O. The Kier molecular flexibility index (Phi) is 5.56. The van der Waals surface area contributed by atoms with E-state index in [1.165, 1.54) is 0 Å². The van der Waals surface area contributed by atoms with Crippen LogP contribution in [0.3, 0.4) is 0 Å². The quantitative estimate of drug-likeness (QED) is 0.637. The number of rotatable bonds is 4. The molecule has 1 atom stereocenters. The van der Waals surface area contributed by atoms with Crippen LogP contribution in [0, 0.1) is 6.92 Å². The van der Waals surface area contributed by atoms with E-state index >= 15 is 0 Å². The fraction of sp³-hybridized carbons (Fsp3) is 0.545. The number of likely N-dealkylation sites (N-methyl/N-ethyl adjacent to an activating group) is 1. The van der Waals surface area contributed by atoms with Gasteiger partial charge in [-0.05, 0) is 59.1 Å². The lowest BCUT2D eigenvalue weighted by Crippen LogP contribution is -2.36. The molecule has 5 heterocycles. The summed E-state index contributed by atoms with van der Waals surface area (Å²) in [6, 6.07) is 4.25. The molecule has 2 aliphatic heterocycles. The number of likely N-dealkylation sites (tertiary alicyclic amines) is 1. The van der Waals surface area contributed by atoms with Crippen LogP contribution in [0.15, 0.2) is 30.7 Å². The third-order valence-electron chi connectivity index (χ3n) is 6.40. The fourth-order valence-electron chi connectivity index (χ4n) is 4.46. The zero-order chi connectivity index (χ0) is 21.4. The van der Waals surface area contributed by atoms with Gasteiger partial charge in [0.05, 0.1) is 35.8 Å². The van der Waals surface area contributed by atoms with Gasteiger partial charge >= 0.3 is 0 Å². The molecule has 0 aromatic carbocycles. The van der Waals surface area contributed by atoms with E-state index in [1.54, 1.807) is 12.4 Å². The van der Waals surface area contributed by atoms with Crippen LogP contribution in [0.4, 0.5) is 0 Å². The number of nitrogens with zero attached hydrogens (tertiary/aromatic N) is 8. The van der Waals surface area contributed by atoms with E-state index in [0.29, 0.717) is 12.6 Å². The zero-order valence-electron chi connectivity index (χ0n) is 18.5. The summed E-state index contributed by atoms with van der Waals surface area (Å²) in [4.78, 5) is 13.8. The minimum Gasteiger partial charge on any atom is -0.367 e. The largest absolute Gasteiger partial charge is 0.367 e. The van der Waals surface area contributed by atoms with Gasteiger partial charge in [0.25, 0.3) is 0 Å². The fourth-order valence-corrected chi connectivity index (χ4v) is 4.46. The van der Waals surface area contributed by atoms with Crippen LogP contribution in [0.25, 0.3) is 17.1 Å². The molecule has 0 aliphatic carbocycles. The van der Waals surface area contributed by atoms with E-state index in [-0.39, 0.29) is 6.10 Å². The van der Waals surface area contributed by atoms with Gasteiger partial charge in [0.15, 0.2) is 11.6 Å². The summed E-state index contributed by atoms with van der Waals surface area (Å²) >= 11 is 0. The molecule has 2 fully saturated rings. The molecule has 2 aliphatic rings. The number of piperidine rings is 1. The van der Waals surface area contributed by atoms with Crippen LogP contribution in [0.1, 0.15) is 36.5 Å². The van der Waals surface area contributed by atoms with Crippen molar-refractivity contribution in [1.82, 2.24) is 39.3 Å². The third-order valence-corrected chi connectivity index (χ3v) is 6.40. The van der Waals surface area contributed by atoms with E-state index in [4.69, 9.17) is 14.8 Å². The average Bonchev–Trinajstić information content (AvgIpc) is 3.39. The smallest absolute Gasteiger partial charge is 0.181 e. The number of hydrogen-bond acceptors (Lipinski definition) is 7. The van der Waals surface area contributed by atoms with Crippen molar-refractivity contribution in [3.8, 4) is 17.1 Å². The first-order valence-electron chi connectivity index (χ1n) is 11.0. The molecule has 0 bridgehead atoms. The van der Waals surface area contributed by atoms with E-state index < -0.39 is 0 Å². The van der Waals surface area contributed by atoms with Crippen LogP contribution >= 0.6 is 0 Å². The first-order valence-corrected chi connectivity index (χ1v) is 11.0. The summed E-state index contributed by atoms with van der Waals surface area (Å²) in [5, 5.41) is 9.66. The Bertz CT molecular complexity index is 1020. The molecule has 0 N–H and O–H groups in total. The molecule has 0 radical (unpaired) electrons. The predicted molar refractivity (Wildman–Crippen MR) is 117 cm³/mol. The van der Waals surface area contributed by atoms with E-state index in [2.05, 4.69) is 45.6 Å². The van der Waals surface area contributed by atoms with Crippen molar-refractivity contribution in [3.63, 3.8) is 0 Å². The third kappa shape index (κ3) is 4.00. The molecule has 3 aromatic rings. The SMILES string of the molecule is Cc1c(-c2nc(C3CN(C)CCO3)nn2C2CCN(C)CC2)cnn1-c1ccncc1. The second-order valence-corrected chi connectivity index (χ2v) is 8.66. The number of pyridine rings is 1. The Balaban J connectivity index is 1.54. The standard InChI is InChI=1S/C22H30N8O/c1-16-19(14-24-29(16)17-4-8-23-9-5-17)22-25-21(20-15-28(3)12-13-31-20)26-30(22)18-6-10-27(2)11-7-18/h4-5,8-9,14,18,20H,6-7,10-13,15H2,1-3H3. The topological polar surface area (TPSA) is 77.1 Å². The maximum Gasteiger partial charge on any atom is 0.181 e. The minimum absolute atomic E-state index is 0.0967. The van der Waals surface area contributed by atoms with Gasteiger partial charge < -0.3 is 14.5 Å².